The lowest BCUT2D eigenvalue weighted by Crippen LogP contribution is -2.30. The maximum absolute atomic E-state index is 12.9. The van der Waals surface area contributed by atoms with E-state index < -0.39 is 0 Å². The summed E-state index contributed by atoms with van der Waals surface area (Å²) in [6.45, 7) is 9.61. The van der Waals surface area contributed by atoms with Crippen LogP contribution in [0.1, 0.15) is 51.5 Å². The molecule has 0 saturated carbocycles. The first-order valence-electron chi connectivity index (χ1n) is 10.2. The summed E-state index contributed by atoms with van der Waals surface area (Å²) in [6, 6.07) is 17.0. The molecule has 6 nitrogen and oxygen atoms in total. The third-order valence-corrected chi connectivity index (χ3v) is 5.22. The van der Waals surface area contributed by atoms with Crippen molar-refractivity contribution in [1.82, 2.24) is 14.7 Å². The summed E-state index contributed by atoms with van der Waals surface area (Å²) < 4.78 is 1.85. The first kappa shape index (κ1) is 21.3. The van der Waals surface area contributed by atoms with Crippen molar-refractivity contribution in [1.29, 1.82) is 0 Å². The van der Waals surface area contributed by atoms with Crippen molar-refractivity contribution in [2.45, 2.75) is 34.2 Å². The first-order valence-corrected chi connectivity index (χ1v) is 10.2. The Hall–Kier alpha value is -3.41. The third-order valence-electron chi connectivity index (χ3n) is 5.22. The van der Waals surface area contributed by atoms with Crippen molar-refractivity contribution in [2.24, 2.45) is 0 Å². The van der Waals surface area contributed by atoms with E-state index in [2.05, 4.69) is 10.4 Å². The Morgan fingerprint density at radius 2 is 1.60 bits per heavy atom. The molecular formula is C24H28N4O2. The van der Waals surface area contributed by atoms with E-state index >= 15 is 0 Å². The van der Waals surface area contributed by atoms with Crippen LogP contribution in [0.25, 0.3) is 0 Å². The second-order valence-electron chi connectivity index (χ2n) is 7.20. The van der Waals surface area contributed by atoms with E-state index in [1.807, 2.05) is 62.7 Å². The van der Waals surface area contributed by atoms with Crippen molar-refractivity contribution in [3.8, 4) is 0 Å². The summed E-state index contributed by atoms with van der Waals surface area (Å²) in [6.07, 6.45) is 0. The van der Waals surface area contributed by atoms with E-state index in [4.69, 9.17) is 0 Å². The maximum atomic E-state index is 12.9. The Bertz CT molecular complexity index is 1020. The number of hydrogen-bond acceptors (Lipinski definition) is 3. The van der Waals surface area contributed by atoms with Gasteiger partial charge in [-0.25, -0.2) is 0 Å². The minimum atomic E-state index is -0.202. The fourth-order valence-corrected chi connectivity index (χ4v) is 3.52. The molecule has 0 atom stereocenters. The summed E-state index contributed by atoms with van der Waals surface area (Å²) in [5.41, 5.74) is 4.47. The number of carbonyl (C=O) groups excluding carboxylic acids is 2. The van der Waals surface area contributed by atoms with Crippen LogP contribution in [0, 0.1) is 13.8 Å². The molecule has 0 fully saturated rings. The fourth-order valence-electron chi connectivity index (χ4n) is 3.52. The lowest BCUT2D eigenvalue weighted by Gasteiger charge is -2.18. The van der Waals surface area contributed by atoms with E-state index in [-0.39, 0.29) is 11.8 Å². The molecule has 0 spiro atoms. The van der Waals surface area contributed by atoms with Crippen LogP contribution in [-0.2, 0) is 6.54 Å². The van der Waals surface area contributed by atoms with Crippen molar-refractivity contribution < 1.29 is 9.59 Å². The zero-order valence-corrected chi connectivity index (χ0v) is 18.0. The van der Waals surface area contributed by atoms with Crippen molar-refractivity contribution in [2.75, 3.05) is 18.4 Å². The van der Waals surface area contributed by atoms with Crippen LogP contribution in [0.4, 0.5) is 5.69 Å². The molecule has 1 heterocycles. The van der Waals surface area contributed by atoms with Gasteiger partial charge in [-0.1, -0.05) is 30.3 Å². The quantitative estimate of drug-likeness (QED) is 0.639. The number of carbonyl (C=O) groups is 2. The first-order chi connectivity index (χ1) is 14.4. The normalized spacial score (nSPS) is 10.7. The molecule has 30 heavy (non-hydrogen) atoms. The van der Waals surface area contributed by atoms with E-state index in [0.29, 0.717) is 42.1 Å². The van der Waals surface area contributed by atoms with Crippen LogP contribution in [0.15, 0.2) is 54.6 Å². The predicted octanol–water partition coefficient (Wildman–Crippen LogP) is 4.28. The van der Waals surface area contributed by atoms with Gasteiger partial charge in [-0.05, 0) is 57.5 Å². The second kappa shape index (κ2) is 9.39. The predicted molar refractivity (Wildman–Crippen MR) is 119 cm³/mol. The van der Waals surface area contributed by atoms with Gasteiger partial charge in [0.2, 0.25) is 0 Å². The molecule has 3 rings (SSSR count). The van der Waals surface area contributed by atoms with Gasteiger partial charge in [-0.2, -0.15) is 5.10 Å². The van der Waals surface area contributed by atoms with Gasteiger partial charge in [0.05, 0.1) is 17.8 Å². The number of hydrogen-bond donors (Lipinski definition) is 1. The van der Waals surface area contributed by atoms with Gasteiger partial charge in [0.15, 0.2) is 0 Å². The molecule has 1 aromatic heterocycles. The molecule has 0 aliphatic carbocycles. The second-order valence-corrected chi connectivity index (χ2v) is 7.20. The average molecular weight is 405 g/mol. The molecule has 1 N–H and O–H groups in total. The van der Waals surface area contributed by atoms with Gasteiger partial charge < -0.3 is 10.2 Å². The molecule has 0 radical (unpaired) electrons. The van der Waals surface area contributed by atoms with Crippen molar-refractivity contribution in [3.05, 3.63) is 82.7 Å². The Labute approximate surface area is 177 Å². The third kappa shape index (κ3) is 4.59. The Morgan fingerprint density at radius 3 is 2.20 bits per heavy atom. The monoisotopic (exact) mass is 404 g/mol. The molecular weight excluding hydrogens is 376 g/mol. The molecule has 3 aromatic rings. The van der Waals surface area contributed by atoms with Crippen LogP contribution >= 0.6 is 0 Å². The summed E-state index contributed by atoms with van der Waals surface area (Å²) in [7, 11) is 0. The Morgan fingerprint density at radius 1 is 0.967 bits per heavy atom. The number of aromatic nitrogens is 2. The summed E-state index contributed by atoms with van der Waals surface area (Å²) >= 11 is 0. The fraction of sp³-hybridized carbons (Fsp3) is 0.292. The van der Waals surface area contributed by atoms with Crippen LogP contribution in [-0.4, -0.2) is 39.6 Å². The highest BCUT2D eigenvalue weighted by atomic mass is 16.2. The zero-order valence-electron chi connectivity index (χ0n) is 18.0. The SMILES string of the molecule is CCN(CC)C(=O)c1ccc(NC(=O)c2c(C)nn(Cc3ccccc3)c2C)cc1. The largest absolute Gasteiger partial charge is 0.339 e. The van der Waals surface area contributed by atoms with Crippen LogP contribution < -0.4 is 5.32 Å². The highest BCUT2D eigenvalue weighted by molar-refractivity contribution is 6.06. The van der Waals surface area contributed by atoms with E-state index in [1.54, 1.807) is 29.2 Å². The molecule has 0 aliphatic rings. The maximum Gasteiger partial charge on any atom is 0.259 e. The number of amides is 2. The molecule has 0 saturated heterocycles. The lowest BCUT2D eigenvalue weighted by atomic mass is 10.1. The van der Waals surface area contributed by atoms with Gasteiger partial charge in [0.25, 0.3) is 11.8 Å². The minimum absolute atomic E-state index is 0.00764. The summed E-state index contributed by atoms with van der Waals surface area (Å²) in [5.74, 6) is -0.209. The topological polar surface area (TPSA) is 67.2 Å². The molecule has 156 valence electrons. The highest BCUT2D eigenvalue weighted by Gasteiger charge is 2.19. The molecule has 2 aromatic carbocycles. The number of nitrogens with zero attached hydrogens (tertiary/aromatic N) is 3. The number of aryl methyl sites for hydroxylation is 1. The minimum Gasteiger partial charge on any atom is -0.339 e. The molecule has 2 amide bonds. The molecule has 0 unspecified atom stereocenters. The van der Waals surface area contributed by atoms with Crippen LogP contribution in [0.5, 0.6) is 0 Å². The van der Waals surface area contributed by atoms with Crippen molar-refractivity contribution >= 4 is 17.5 Å². The highest BCUT2D eigenvalue weighted by Crippen LogP contribution is 2.18. The summed E-state index contributed by atoms with van der Waals surface area (Å²) in [4.78, 5) is 27.1. The van der Waals surface area contributed by atoms with Gasteiger partial charge in [0.1, 0.15) is 0 Å². The molecule has 0 bridgehead atoms. The number of anilines is 1. The molecule has 0 aliphatic heterocycles. The number of rotatable bonds is 7. The van der Waals surface area contributed by atoms with Gasteiger partial charge in [0, 0.05) is 30.0 Å². The Balaban J connectivity index is 1.74. The van der Waals surface area contributed by atoms with Crippen LogP contribution in [0.3, 0.4) is 0 Å². The summed E-state index contributed by atoms with van der Waals surface area (Å²) in [5, 5.41) is 7.47. The average Bonchev–Trinajstić information content (AvgIpc) is 3.03. The van der Waals surface area contributed by atoms with Gasteiger partial charge in [-0.3, -0.25) is 14.3 Å². The molecule has 6 heteroatoms. The van der Waals surface area contributed by atoms with Crippen molar-refractivity contribution in [3.63, 3.8) is 0 Å². The standard InChI is InChI=1S/C24H28N4O2/c1-5-27(6-2)24(30)20-12-14-21(15-13-20)25-23(29)22-17(3)26-28(18(22)4)16-19-10-8-7-9-11-19/h7-15H,5-6,16H2,1-4H3,(H,25,29). The van der Waals surface area contributed by atoms with Gasteiger partial charge >= 0.3 is 0 Å². The van der Waals surface area contributed by atoms with E-state index in [9.17, 15) is 9.59 Å². The Kier molecular flexibility index (Phi) is 6.67. The zero-order chi connectivity index (χ0) is 21.7. The van der Waals surface area contributed by atoms with E-state index in [1.165, 1.54) is 0 Å². The lowest BCUT2D eigenvalue weighted by molar-refractivity contribution is 0.0773. The number of nitrogens with one attached hydrogen (secondary N) is 1. The van der Waals surface area contributed by atoms with E-state index in [0.717, 1.165) is 11.3 Å². The van der Waals surface area contributed by atoms with Crippen LogP contribution in [0.2, 0.25) is 0 Å². The smallest absolute Gasteiger partial charge is 0.259 e. The van der Waals surface area contributed by atoms with Gasteiger partial charge in [-0.15, -0.1) is 0 Å². The number of benzene rings is 2.